The Labute approximate surface area is 88.5 Å². The molecule has 0 spiro atoms. The molecule has 0 aromatic heterocycles. The Morgan fingerprint density at radius 3 is 2.57 bits per heavy atom. The van der Waals surface area contributed by atoms with E-state index in [1.54, 1.807) is 7.11 Å². The molecule has 0 heterocycles. The molecular weight excluding hydrogens is 200 g/mol. The molecule has 1 saturated carbocycles. The molecule has 0 saturated heterocycles. The summed E-state index contributed by atoms with van der Waals surface area (Å²) in [5.41, 5.74) is 1.16. The minimum atomic E-state index is -0.698. The summed E-state index contributed by atoms with van der Waals surface area (Å²) in [4.78, 5) is 0. The lowest BCUT2D eigenvalue weighted by Crippen LogP contribution is -2.06. The molecule has 3 heteroatoms. The van der Waals surface area contributed by atoms with Gasteiger partial charge in [-0.25, -0.2) is 0 Å². The summed E-state index contributed by atoms with van der Waals surface area (Å²) in [5, 5.41) is 10.5. The topological polar surface area (TPSA) is 29.5 Å². The van der Waals surface area contributed by atoms with Gasteiger partial charge in [0.05, 0.1) is 17.7 Å². The molecule has 0 amide bonds. The highest BCUT2D eigenvalue weighted by Crippen LogP contribution is 2.50. The molecule has 0 bridgehead atoms. The molecule has 1 aromatic carbocycles. The first kappa shape index (κ1) is 9.81. The van der Waals surface area contributed by atoms with Crippen LogP contribution in [0.3, 0.4) is 0 Å². The van der Waals surface area contributed by atoms with Crippen LogP contribution in [0.15, 0.2) is 12.1 Å². The van der Waals surface area contributed by atoms with Crippen LogP contribution < -0.4 is 4.74 Å². The molecule has 1 aliphatic rings. The molecule has 0 atom stereocenters. The average molecular weight is 213 g/mol. The predicted octanol–water partition coefficient (Wildman–Crippen LogP) is 2.64. The molecule has 1 aromatic rings. The maximum absolute atomic E-state index is 9.99. The largest absolute Gasteiger partial charge is 0.495 e. The Bertz CT molecular complexity index is 370. The predicted molar refractivity (Wildman–Crippen MR) is 55.9 cm³/mol. The zero-order valence-electron chi connectivity index (χ0n) is 8.30. The second-order valence-corrected chi connectivity index (χ2v) is 4.24. The number of aliphatic hydroxyl groups is 1. The third-order valence-corrected chi connectivity index (χ3v) is 3.02. The molecule has 2 nitrogen and oxygen atoms in total. The van der Waals surface area contributed by atoms with E-state index in [0.29, 0.717) is 10.8 Å². The summed E-state index contributed by atoms with van der Waals surface area (Å²) in [7, 11) is 1.58. The van der Waals surface area contributed by atoms with Gasteiger partial charge in [0.25, 0.3) is 0 Å². The van der Waals surface area contributed by atoms with Crippen molar-refractivity contribution in [2.24, 2.45) is 0 Å². The molecule has 14 heavy (non-hydrogen) atoms. The van der Waals surface area contributed by atoms with Crippen molar-refractivity contribution in [3.8, 4) is 5.75 Å². The lowest BCUT2D eigenvalue weighted by atomic mass is 10.0. The monoisotopic (exact) mass is 212 g/mol. The van der Waals surface area contributed by atoms with Crippen LogP contribution in [0, 0.1) is 6.92 Å². The first-order valence-electron chi connectivity index (χ1n) is 4.64. The van der Waals surface area contributed by atoms with Crippen molar-refractivity contribution in [3.05, 3.63) is 28.3 Å². The number of methoxy groups -OCH3 is 1. The minimum absolute atomic E-state index is 0.540. The second-order valence-electron chi connectivity index (χ2n) is 3.86. The number of ether oxygens (including phenoxy) is 1. The van der Waals surface area contributed by atoms with Gasteiger partial charge in [-0.1, -0.05) is 17.7 Å². The number of hydrogen-bond acceptors (Lipinski definition) is 2. The molecule has 1 aliphatic carbocycles. The number of hydrogen-bond donors (Lipinski definition) is 1. The molecule has 2 rings (SSSR count). The van der Waals surface area contributed by atoms with Gasteiger partial charge in [0.15, 0.2) is 0 Å². The normalized spacial score (nSPS) is 18.0. The van der Waals surface area contributed by atoms with Gasteiger partial charge in [0.1, 0.15) is 5.75 Å². The maximum atomic E-state index is 9.99. The fourth-order valence-corrected chi connectivity index (χ4v) is 1.97. The van der Waals surface area contributed by atoms with E-state index in [1.165, 1.54) is 0 Å². The molecule has 0 aliphatic heterocycles. The quantitative estimate of drug-likeness (QED) is 0.817. The first-order valence-corrected chi connectivity index (χ1v) is 5.01. The van der Waals surface area contributed by atoms with Crippen molar-refractivity contribution in [1.29, 1.82) is 0 Å². The van der Waals surface area contributed by atoms with Crippen LogP contribution in [0.25, 0.3) is 0 Å². The zero-order chi connectivity index (χ0) is 10.3. The van der Waals surface area contributed by atoms with Crippen LogP contribution in [0.5, 0.6) is 5.75 Å². The SMILES string of the molecule is COc1cc(C)cc(C2(O)CC2)c1Cl. The van der Waals surface area contributed by atoms with E-state index in [0.717, 1.165) is 24.0 Å². The number of rotatable bonds is 2. The van der Waals surface area contributed by atoms with E-state index < -0.39 is 5.60 Å². The lowest BCUT2D eigenvalue weighted by Gasteiger charge is -2.14. The van der Waals surface area contributed by atoms with Gasteiger partial charge < -0.3 is 9.84 Å². The lowest BCUT2D eigenvalue weighted by molar-refractivity contribution is 0.151. The van der Waals surface area contributed by atoms with E-state index in [2.05, 4.69) is 0 Å². The summed E-state index contributed by atoms with van der Waals surface area (Å²) in [6.07, 6.45) is 1.58. The van der Waals surface area contributed by atoms with Crippen LogP contribution in [0.2, 0.25) is 5.02 Å². The Kier molecular flexibility index (Phi) is 2.20. The zero-order valence-corrected chi connectivity index (χ0v) is 9.06. The number of benzene rings is 1. The summed E-state index contributed by atoms with van der Waals surface area (Å²) >= 11 is 6.12. The van der Waals surface area contributed by atoms with Gasteiger partial charge in [-0.15, -0.1) is 0 Å². The molecule has 1 N–H and O–H groups in total. The van der Waals surface area contributed by atoms with Crippen LogP contribution >= 0.6 is 11.6 Å². The average Bonchev–Trinajstić information content (AvgIpc) is 2.88. The van der Waals surface area contributed by atoms with Gasteiger partial charge in [0.2, 0.25) is 0 Å². The van der Waals surface area contributed by atoms with E-state index in [1.807, 2.05) is 19.1 Å². The molecule has 0 unspecified atom stereocenters. The smallest absolute Gasteiger partial charge is 0.138 e. The Balaban J connectivity index is 2.54. The molecule has 76 valence electrons. The molecule has 1 fully saturated rings. The molecule has 0 radical (unpaired) electrons. The van der Waals surface area contributed by atoms with Crippen LogP contribution in [0.1, 0.15) is 24.0 Å². The third kappa shape index (κ3) is 1.49. The van der Waals surface area contributed by atoms with Gasteiger partial charge in [-0.05, 0) is 31.4 Å². The summed E-state index contributed by atoms with van der Waals surface area (Å²) < 4.78 is 5.15. The Hall–Kier alpha value is -0.730. The highest BCUT2D eigenvalue weighted by atomic mass is 35.5. The standard InChI is InChI=1S/C11H13ClO2/c1-7-5-8(11(13)3-4-11)10(12)9(6-7)14-2/h5-6,13H,3-4H2,1-2H3. The fourth-order valence-electron chi connectivity index (χ4n) is 1.61. The summed E-state index contributed by atoms with van der Waals surface area (Å²) in [6, 6.07) is 3.80. The van der Waals surface area contributed by atoms with E-state index >= 15 is 0 Å². The van der Waals surface area contributed by atoms with Crippen molar-refractivity contribution in [2.75, 3.05) is 7.11 Å². The Morgan fingerprint density at radius 1 is 1.43 bits per heavy atom. The highest BCUT2D eigenvalue weighted by Gasteiger charge is 2.44. The van der Waals surface area contributed by atoms with Crippen molar-refractivity contribution in [2.45, 2.75) is 25.4 Å². The van der Waals surface area contributed by atoms with Crippen LogP contribution in [-0.4, -0.2) is 12.2 Å². The fraction of sp³-hybridized carbons (Fsp3) is 0.455. The Morgan fingerprint density at radius 2 is 2.07 bits per heavy atom. The van der Waals surface area contributed by atoms with Gasteiger partial charge in [-0.2, -0.15) is 0 Å². The first-order chi connectivity index (χ1) is 6.57. The van der Waals surface area contributed by atoms with Gasteiger partial charge in [-0.3, -0.25) is 0 Å². The van der Waals surface area contributed by atoms with E-state index in [-0.39, 0.29) is 0 Å². The minimum Gasteiger partial charge on any atom is -0.495 e. The van der Waals surface area contributed by atoms with Crippen molar-refractivity contribution in [3.63, 3.8) is 0 Å². The van der Waals surface area contributed by atoms with E-state index in [9.17, 15) is 5.11 Å². The molecular formula is C11H13ClO2. The van der Waals surface area contributed by atoms with Crippen molar-refractivity contribution >= 4 is 11.6 Å². The number of halogens is 1. The van der Waals surface area contributed by atoms with Gasteiger partial charge >= 0.3 is 0 Å². The highest BCUT2D eigenvalue weighted by molar-refractivity contribution is 6.33. The summed E-state index contributed by atoms with van der Waals surface area (Å²) in [6.45, 7) is 1.97. The van der Waals surface area contributed by atoms with Crippen LogP contribution in [0.4, 0.5) is 0 Å². The maximum Gasteiger partial charge on any atom is 0.138 e. The number of aryl methyl sites for hydroxylation is 1. The van der Waals surface area contributed by atoms with Crippen molar-refractivity contribution in [1.82, 2.24) is 0 Å². The van der Waals surface area contributed by atoms with E-state index in [4.69, 9.17) is 16.3 Å². The van der Waals surface area contributed by atoms with Gasteiger partial charge in [0, 0.05) is 5.56 Å². The van der Waals surface area contributed by atoms with Crippen molar-refractivity contribution < 1.29 is 9.84 Å². The second kappa shape index (κ2) is 3.14. The third-order valence-electron chi connectivity index (χ3n) is 2.63. The summed E-state index contributed by atoms with van der Waals surface area (Å²) in [5.74, 6) is 0.641. The van der Waals surface area contributed by atoms with Crippen LogP contribution in [-0.2, 0) is 5.60 Å².